The van der Waals surface area contributed by atoms with Crippen molar-refractivity contribution in [2.75, 3.05) is 23.9 Å². The van der Waals surface area contributed by atoms with Gasteiger partial charge in [-0.25, -0.2) is 0 Å². The summed E-state index contributed by atoms with van der Waals surface area (Å²) in [6.45, 7) is 16.1. The number of anilines is 2. The second-order valence-corrected chi connectivity index (χ2v) is 26.7. The summed E-state index contributed by atoms with van der Waals surface area (Å²) < 4.78 is 4.88. The van der Waals surface area contributed by atoms with Gasteiger partial charge in [-0.3, -0.25) is 0 Å². The van der Waals surface area contributed by atoms with Crippen LogP contribution in [0.2, 0.25) is 0 Å². The minimum atomic E-state index is -0.277. The van der Waals surface area contributed by atoms with Gasteiger partial charge in [0.15, 0.2) is 11.4 Å². The molecule has 0 saturated carbocycles. The van der Waals surface area contributed by atoms with Crippen molar-refractivity contribution in [2.45, 2.75) is 89.1 Å². The van der Waals surface area contributed by atoms with Gasteiger partial charge in [-0.2, -0.15) is 9.15 Å². The summed E-state index contributed by atoms with van der Waals surface area (Å²) in [7, 11) is 4.51. The summed E-state index contributed by atoms with van der Waals surface area (Å²) in [6.07, 6.45) is 16.1. The second kappa shape index (κ2) is 21.1. The molecular formula is C84H76N4+2. The van der Waals surface area contributed by atoms with Gasteiger partial charge in [0.05, 0.1) is 10.8 Å². The van der Waals surface area contributed by atoms with Crippen LogP contribution in [-0.2, 0) is 47.6 Å². The first-order valence-corrected chi connectivity index (χ1v) is 31.5. The summed E-state index contributed by atoms with van der Waals surface area (Å²) in [6, 6.07) is 85.8. The largest absolute Gasteiger partial charge is 0.340 e. The first-order valence-electron chi connectivity index (χ1n) is 31.5. The Labute approximate surface area is 519 Å². The maximum absolute atomic E-state index is 2.60. The minimum Gasteiger partial charge on any atom is -0.340 e. The smallest absolute Gasteiger partial charge is 0.210 e. The maximum Gasteiger partial charge on any atom is 0.210 e. The molecule has 4 aliphatic heterocycles. The molecule has 2 atom stereocenters. The van der Waals surface area contributed by atoms with Crippen LogP contribution < -0.4 is 9.80 Å². The first-order chi connectivity index (χ1) is 42.7. The average Bonchev–Trinajstić information content (AvgIpc) is 1.63. The minimum absolute atomic E-state index is 0.263. The Morgan fingerprint density at radius 3 is 1.01 bits per heavy atom. The molecule has 0 radical (unpaired) electrons. The topological polar surface area (TPSA) is 12.5 Å². The fourth-order valence-electron chi connectivity index (χ4n) is 16.4. The van der Waals surface area contributed by atoms with Crippen LogP contribution in [0.5, 0.6) is 0 Å². The number of hydrogen-bond acceptors (Lipinski definition) is 2. The van der Waals surface area contributed by atoms with E-state index in [4.69, 9.17) is 0 Å². The van der Waals surface area contributed by atoms with Crippen molar-refractivity contribution in [3.05, 3.63) is 323 Å². The molecule has 4 heterocycles. The van der Waals surface area contributed by atoms with E-state index >= 15 is 0 Å². The van der Waals surface area contributed by atoms with Crippen molar-refractivity contribution in [2.24, 2.45) is 0 Å². The van der Waals surface area contributed by atoms with Crippen molar-refractivity contribution < 1.29 is 9.15 Å². The van der Waals surface area contributed by atoms with Gasteiger partial charge >= 0.3 is 0 Å². The Morgan fingerprint density at radius 2 is 0.648 bits per heavy atom. The molecule has 0 spiro atoms. The van der Waals surface area contributed by atoms with Gasteiger partial charge in [0.25, 0.3) is 0 Å². The number of fused-ring (bicyclic) bond motifs is 12. The molecule has 0 amide bonds. The van der Waals surface area contributed by atoms with Crippen molar-refractivity contribution in [1.82, 2.24) is 0 Å². The quantitative estimate of drug-likeness (QED) is 0.113. The van der Waals surface area contributed by atoms with Crippen LogP contribution in [0.25, 0.3) is 43.1 Å². The summed E-state index contributed by atoms with van der Waals surface area (Å²) in [5.41, 5.74) is 20.0. The third kappa shape index (κ3) is 8.77. The summed E-state index contributed by atoms with van der Waals surface area (Å²) in [5, 5.41) is 10.4. The Bertz CT molecular complexity index is 4530. The highest BCUT2D eigenvalue weighted by Crippen LogP contribution is 2.54. The molecule has 11 aromatic rings. The number of rotatable bonds is 12. The van der Waals surface area contributed by atoms with E-state index in [0.29, 0.717) is 0 Å². The third-order valence-corrected chi connectivity index (χ3v) is 20.5. The highest BCUT2D eigenvalue weighted by molar-refractivity contribution is 6.10. The summed E-state index contributed by atoms with van der Waals surface area (Å²) in [5.74, 6) is 0. The van der Waals surface area contributed by atoms with E-state index in [0.717, 1.165) is 25.9 Å². The second-order valence-electron chi connectivity index (χ2n) is 26.7. The molecule has 15 rings (SSSR count). The van der Waals surface area contributed by atoms with Gasteiger partial charge in [-0.1, -0.05) is 234 Å². The average molecular weight is 1140 g/mol. The van der Waals surface area contributed by atoms with Crippen LogP contribution in [0.1, 0.15) is 86.1 Å². The SMILES string of the molecule is C[N+]1=C(/C=C/C=C2/N(Cc3ccc(CN4/C(=C/C=C/C5=[N+](C)c6ccc7ccccc7c6C5(C)Cc5ccccc5)C(C)(C)c5c4ccc4ccccc54)cc3)c3ccc4ccccc4c3C2(C)C)C(C)(Cc2ccccc2)c2c1ccc1ccccc21. The standard InChI is InChI=1S/C84H76N4/c1-81(2)73(37-23-39-75-83(5,53-57-25-11-9-12-26-57)79-67-35-21-17-31-63(67)45-49-69(79)85(75)7)87(71-51-47-61-29-15-19-33-65(61)77(71)81)55-59-41-43-60(44-42-59)56-88-72-52-48-62-30-16-20-34-66(62)78(72)82(3,4)74(88)38-24-40-76-84(6,54-58-27-13-10-14-28-58)80-68-36-22-18-32-64(68)46-50-70(80)86(76)8/h9-52H,53-56H2,1-8H3/q+2. The monoisotopic (exact) mass is 1140 g/mol. The Balaban J connectivity index is 0.776. The Hall–Kier alpha value is -9.64. The number of benzene rings is 11. The van der Waals surface area contributed by atoms with Crippen molar-refractivity contribution in [3.8, 4) is 0 Å². The lowest BCUT2D eigenvalue weighted by Crippen LogP contribution is -2.33. The van der Waals surface area contributed by atoms with Gasteiger partial charge < -0.3 is 9.80 Å². The van der Waals surface area contributed by atoms with Crippen molar-refractivity contribution in [3.63, 3.8) is 0 Å². The molecule has 4 nitrogen and oxygen atoms in total. The van der Waals surface area contributed by atoms with Crippen LogP contribution >= 0.6 is 0 Å². The van der Waals surface area contributed by atoms with Gasteiger partial charge in [-0.05, 0) is 140 Å². The first kappa shape index (κ1) is 55.0. The molecule has 2 unspecified atom stereocenters. The van der Waals surface area contributed by atoms with Crippen molar-refractivity contribution in [1.29, 1.82) is 0 Å². The van der Waals surface area contributed by atoms with Gasteiger partial charge in [0, 0.05) is 82.1 Å². The van der Waals surface area contributed by atoms with E-state index in [1.807, 2.05) is 0 Å². The van der Waals surface area contributed by atoms with E-state index in [9.17, 15) is 0 Å². The van der Waals surface area contributed by atoms with Crippen LogP contribution in [0.15, 0.2) is 278 Å². The van der Waals surface area contributed by atoms with E-state index in [2.05, 4.69) is 342 Å². The molecule has 0 bridgehead atoms. The Kier molecular flexibility index (Phi) is 13.2. The number of nitrogens with zero attached hydrogens (tertiary/aromatic N) is 4. The zero-order valence-electron chi connectivity index (χ0n) is 52.0. The third-order valence-electron chi connectivity index (χ3n) is 20.5. The summed E-state index contributed by atoms with van der Waals surface area (Å²) >= 11 is 0. The molecule has 4 aliphatic rings. The highest BCUT2D eigenvalue weighted by Gasteiger charge is 2.50. The molecule has 0 aromatic heterocycles. The molecule has 0 fully saturated rings. The fourth-order valence-corrected chi connectivity index (χ4v) is 16.4. The van der Waals surface area contributed by atoms with E-state index in [1.165, 1.54) is 133 Å². The summed E-state index contributed by atoms with van der Waals surface area (Å²) in [4.78, 5) is 5.19. The van der Waals surface area contributed by atoms with Gasteiger partial charge in [0.2, 0.25) is 11.4 Å². The predicted octanol–water partition coefficient (Wildman–Crippen LogP) is 19.6. The lowest BCUT2D eigenvalue weighted by atomic mass is 9.73. The van der Waals surface area contributed by atoms with Gasteiger partial charge in [0.1, 0.15) is 14.1 Å². The predicted molar refractivity (Wildman–Crippen MR) is 372 cm³/mol. The molecule has 430 valence electrons. The molecule has 0 N–H and O–H groups in total. The molecule has 0 aliphatic carbocycles. The molecule has 0 saturated heterocycles. The van der Waals surface area contributed by atoms with Crippen LogP contribution in [0.4, 0.5) is 22.7 Å². The van der Waals surface area contributed by atoms with Crippen LogP contribution in [-0.4, -0.2) is 34.7 Å². The maximum atomic E-state index is 2.60. The lowest BCUT2D eigenvalue weighted by molar-refractivity contribution is -0.401. The molecular weight excluding hydrogens is 1060 g/mol. The lowest BCUT2D eigenvalue weighted by Gasteiger charge is -2.28. The van der Waals surface area contributed by atoms with Crippen LogP contribution in [0.3, 0.4) is 0 Å². The molecule has 4 heteroatoms. The fraction of sp³-hybridized carbons (Fsp3) is 0.190. The number of hydrogen-bond donors (Lipinski definition) is 0. The molecule has 11 aromatic carbocycles. The number of allylic oxidation sites excluding steroid dienone is 8. The zero-order chi connectivity index (χ0) is 60.1. The zero-order valence-corrected chi connectivity index (χ0v) is 52.0. The van der Waals surface area contributed by atoms with Crippen molar-refractivity contribution >= 4 is 77.3 Å². The van der Waals surface area contributed by atoms with E-state index < -0.39 is 0 Å². The van der Waals surface area contributed by atoms with E-state index in [1.54, 1.807) is 0 Å². The molecule has 88 heavy (non-hydrogen) atoms. The van der Waals surface area contributed by atoms with E-state index in [-0.39, 0.29) is 21.7 Å². The highest BCUT2D eigenvalue weighted by atomic mass is 15.2. The normalized spacial score (nSPS) is 20.1. The Morgan fingerprint density at radius 1 is 0.330 bits per heavy atom. The van der Waals surface area contributed by atoms with Gasteiger partial charge in [-0.15, -0.1) is 0 Å². The van der Waals surface area contributed by atoms with Crippen LogP contribution in [0, 0.1) is 0 Å².